The molecule has 0 aromatic heterocycles. The summed E-state index contributed by atoms with van der Waals surface area (Å²) >= 11 is 0. The third-order valence-electron chi connectivity index (χ3n) is 7.75. The molecule has 0 amide bonds. The van der Waals surface area contributed by atoms with E-state index < -0.39 is 52.3 Å². The Hall–Kier alpha value is -4.26. The molecule has 0 saturated carbocycles. The third-order valence-corrected chi connectivity index (χ3v) is 11.1. The summed E-state index contributed by atoms with van der Waals surface area (Å²) < 4.78 is 105. The van der Waals surface area contributed by atoms with Gasteiger partial charge in [-0.05, 0) is 18.6 Å². The molecule has 212 valence electrons. The van der Waals surface area contributed by atoms with Crippen molar-refractivity contribution in [1.29, 1.82) is 0 Å². The van der Waals surface area contributed by atoms with E-state index in [1.807, 2.05) is 0 Å². The SMILES string of the molecule is CCc1c2c3c4c5c1C16OC(=O)c7c8ccc(c71)OP1(=O)Oc7c(c(c(c6c7O1)O5)OP(=O)(O2)O4)OOP(=O)(OO3)O8. The Morgan fingerprint density at radius 3 is 1.93 bits per heavy atom. The lowest BCUT2D eigenvalue weighted by molar-refractivity contribution is -0.188. The fraction of sp³-hybridized carbons (Fsp3) is 0.136. The van der Waals surface area contributed by atoms with Crippen molar-refractivity contribution in [3.05, 3.63) is 39.9 Å². The molecule has 0 radical (unpaired) electrons. The zero-order valence-corrected chi connectivity index (χ0v) is 22.8. The van der Waals surface area contributed by atoms with Crippen molar-refractivity contribution in [2.24, 2.45) is 0 Å². The van der Waals surface area contributed by atoms with E-state index in [1.165, 1.54) is 12.1 Å². The minimum absolute atomic E-state index is 0.0334. The summed E-state index contributed by atoms with van der Waals surface area (Å²) in [6.45, 7) is 1.72. The van der Waals surface area contributed by atoms with E-state index in [4.69, 9.17) is 60.3 Å². The number of rotatable bonds is 1. The van der Waals surface area contributed by atoms with E-state index >= 15 is 0 Å². The molecule has 0 saturated heterocycles. The van der Waals surface area contributed by atoms with Crippen LogP contribution >= 0.6 is 23.5 Å². The molecule has 0 N–H and O–H groups in total. The predicted molar refractivity (Wildman–Crippen MR) is 125 cm³/mol. The Bertz CT molecular complexity index is 2160. The first-order chi connectivity index (χ1) is 20.1. The van der Waals surface area contributed by atoms with Crippen molar-refractivity contribution >= 4 is 29.4 Å². The number of phosphoric acid groups is 3. The lowest BCUT2D eigenvalue weighted by Crippen LogP contribution is -2.37. The minimum atomic E-state index is -5.05. The summed E-state index contributed by atoms with van der Waals surface area (Å²) in [6.07, 6.45) is 0.119. The van der Waals surface area contributed by atoms with Gasteiger partial charge in [-0.1, -0.05) is 16.3 Å². The Kier molecular flexibility index (Phi) is 3.32. The third kappa shape index (κ3) is 2.18. The van der Waals surface area contributed by atoms with Crippen LogP contribution in [0.3, 0.4) is 0 Å². The summed E-state index contributed by atoms with van der Waals surface area (Å²) in [6, 6.07) is 2.46. The van der Waals surface area contributed by atoms with Crippen LogP contribution in [0.15, 0.2) is 12.1 Å². The van der Waals surface area contributed by atoms with Crippen LogP contribution in [0.5, 0.6) is 63.2 Å². The summed E-state index contributed by atoms with van der Waals surface area (Å²) in [5, 5.41) is 0. The van der Waals surface area contributed by atoms with Crippen LogP contribution < -0.4 is 46.2 Å². The van der Waals surface area contributed by atoms with Gasteiger partial charge in [0, 0.05) is 5.56 Å². The molecule has 0 aliphatic carbocycles. The van der Waals surface area contributed by atoms with Gasteiger partial charge in [-0.3, -0.25) is 0 Å². The van der Waals surface area contributed by atoms with Crippen molar-refractivity contribution in [2.75, 3.05) is 0 Å². The number of phosphoric ester groups is 2. The first kappa shape index (κ1) is 22.4. The standard InChI is InChI=1S/C22H7O17P3/c1-2-5-9-13-18-16-12(5)33-41(25,35-18)36-19-14(27-13)11-15-20-17(19)30-39-42(26,38-29-16)31-6-3-4-7(32-40(24,34-15)37-20)10-8(6)21(23)28-22(9,10)11/h3-4H,2H2,1H3. The fourth-order valence-electron chi connectivity index (χ4n) is 6.36. The van der Waals surface area contributed by atoms with Crippen LogP contribution in [0.4, 0.5) is 0 Å². The molecule has 15 rings (SSSR count). The lowest BCUT2D eigenvalue weighted by Gasteiger charge is -2.43. The summed E-state index contributed by atoms with van der Waals surface area (Å²) in [5.74, 6) is -4.91. The molecule has 17 bridgehead atoms. The van der Waals surface area contributed by atoms with Crippen molar-refractivity contribution in [3.8, 4) is 63.2 Å². The largest absolute Gasteiger partial charge is 0.647 e. The summed E-state index contributed by atoms with van der Waals surface area (Å²) in [5.41, 5.74) is -2.06. The van der Waals surface area contributed by atoms with E-state index in [1.54, 1.807) is 6.92 Å². The second kappa shape index (κ2) is 6.24. The Morgan fingerprint density at radius 1 is 0.619 bits per heavy atom. The molecule has 3 aromatic rings. The molecule has 12 aliphatic rings. The molecule has 12 heterocycles. The van der Waals surface area contributed by atoms with Gasteiger partial charge in [0.1, 0.15) is 17.1 Å². The van der Waals surface area contributed by atoms with Gasteiger partial charge in [0.25, 0.3) is 11.5 Å². The number of fused-ring (bicyclic) bond motifs is 1. The average Bonchev–Trinajstić information content (AvgIpc) is 3.43. The first-order valence-electron chi connectivity index (χ1n) is 12.1. The summed E-state index contributed by atoms with van der Waals surface area (Å²) in [4.78, 5) is 24.7. The predicted octanol–water partition coefficient (Wildman–Crippen LogP) is 5.50. The van der Waals surface area contributed by atoms with Gasteiger partial charge in [0.15, 0.2) is 23.0 Å². The van der Waals surface area contributed by atoms with Crippen LogP contribution in [-0.2, 0) is 39.8 Å². The molecule has 4 unspecified atom stereocenters. The van der Waals surface area contributed by atoms with Crippen molar-refractivity contribution in [1.82, 2.24) is 0 Å². The molecule has 4 atom stereocenters. The highest BCUT2D eigenvalue weighted by Gasteiger charge is 2.68. The number of carbonyl (C=O) groups is 1. The smallest absolute Gasteiger partial charge is 0.448 e. The lowest BCUT2D eigenvalue weighted by atomic mass is 9.73. The van der Waals surface area contributed by atoms with Crippen LogP contribution in [0, 0.1) is 0 Å². The van der Waals surface area contributed by atoms with Gasteiger partial charge in [-0.2, -0.15) is 9.13 Å². The van der Waals surface area contributed by atoms with E-state index in [0.29, 0.717) is 0 Å². The van der Waals surface area contributed by atoms with Crippen molar-refractivity contribution in [2.45, 2.75) is 18.9 Å². The Balaban J connectivity index is 1.50. The molecular weight excluding hydrogens is 629 g/mol. The quantitative estimate of drug-likeness (QED) is 0.185. The highest BCUT2D eigenvalue weighted by atomic mass is 31.2. The monoisotopic (exact) mass is 636 g/mol. The second-order valence-corrected chi connectivity index (χ2v) is 14.1. The number of ether oxygens (including phenoxy) is 2. The number of esters is 1. The topological polar surface area (TPSA) is 188 Å². The highest BCUT2D eigenvalue weighted by molar-refractivity contribution is 7.50. The molecule has 42 heavy (non-hydrogen) atoms. The van der Waals surface area contributed by atoms with Gasteiger partial charge in [-0.25, -0.2) is 9.36 Å². The first-order valence-corrected chi connectivity index (χ1v) is 16.5. The number of carbonyl (C=O) groups excluding carboxylic acids is 1. The van der Waals surface area contributed by atoms with E-state index in [0.717, 1.165) is 0 Å². The molecule has 17 nitrogen and oxygen atoms in total. The zero-order chi connectivity index (χ0) is 28.1. The highest BCUT2D eigenvalue weighted by Crippen LogP contribution is 2.80. The van der Waals surface area contributed by atoms with Crippen LogP contribution in [0.2, 0.25) is 0 Å². The fourth-order valence-corrected chi connectivity index (χ4v) is 9.77. The maximum absolute atomic E-state index is 14.0. The number of hydrogen-bond donors (Lipinski definition) is 0. The van der Waals surface area contributed by atoms with E-state index in [9.17, 15) is 18.5 Å². The van der Waals surface area contributed by atoms with Crippen LogP contribution in [-0.4, -0.2) is 5.97 Å². The minimum Gasteiger partial charge on any atom is -0.448 e. The van der Waals surface area contributed by atoms with Gasteiger partial charge in [0.05, 0.1) is 16.7 Å². The van der Waals surface area contributed by atoms with Gasteiger partial charge < -0.3 is 50.9 Å². The van der Waals surface area contributed by atoms with Crippen molar-refractivity contribution in [3.63, 3.8) is 0 Å². The van der Waals surface area contributed by atoms with Crippen LogP contribution in [0.1, 0.15) is 39.5 Å². The maximum Gasteiger partial charge on any atom is 0.647 e. The van der Waals surface area contributed by atoms with Gasteiger partial charge in [0.2, 0.25) is 22.8 Å². The molecule has 3 aromatic carbocycles. The van der Waals surface area contributed by atoms with Crippen molar-refractivity contribution < 1.29 is 78.8 Å². The molecule has 0 fully saturated rings. The van der Waals surface area contributed by atoms with Gasteiger partial charge in [-0.15, -0.1) is 0 Å². The number of hydrogen-bond acceptors (Lipinski definition) is 17. The van der Waals surface area contributed by atoms with E-state index in [-0.39, 0.29) is 80.2 Å². The molecule has 20 heteroatoms. The Labute approximate surface area is 230 Å². The zero-order valence-electron chi connectivity index (χ0n) is 20.1. The van der Waals surface area contributed by atoms with E-state index in [2.05, 4.69) is 0 Å². The maximum atomic E-state index is 14.0. The second-order valence-electron chi connectivity index (χ2n) is 9.83. The molecule has 1 spiro atoms. The number of benzene rings is 3. The normalized spacial score (nSPS) is 32.3. The van der Waals surface area contributed by atoms with Gasteiger partial charge >= 0.3 is 29.4 Å². The Morgan fingerprint density at radius 2 is 1.19 bits per heavy atom. The van der Waals surface area contributed by atoms with Crippen LogP contribution in [0.25, 0.3) is 0 Å². The summed E-state index contributed by atoms with van der Waals surface area (Å²) in [7, 11) is -14.2. The molecular formula is C22H7O17P3. The average molecular weight is 636 g/mol. The molecule has 12 aliphatic heterocycles.